The van der Waals surface area contributed by atoms with Crippen LogP contribution in [0.15, 0.2) is 12.3 Å². The molecule has 1 aliphatic heterocycles. The van der Waals surface area contributed by atoms with Gasteiger partial charge in [-0.25, -0.2) is 9.37 Å². The molecule has 0 aliphatic carbocycles. The Hall–Kier alpha value is -1.69. The molecular formula is C13H19FN4O. The minimum atomic E-state index is -0.749. The standard InChI is InChI=1S/C13H19FN4O/c1-2-18-6-4-9(8-18)7-17-13(19)10-3-5-16-12(15)11(10)14/h3,5,9H,2,4,6-8H2,1H3,(H2,15,16)(H,17,19). The lowest BCUT2D eigenvalue weighted by Crippen LogP contribution is -2.31. The fourth-order valence-electron chi connectivity index (χ4n) is 2.33. The maximum atomic E-state index is 13.6. The Bertz CT molecular complexity index is 466. The highest BCUT2D eigenvalue weighted by atomic mass is 19.1. The average Bonchev–Trinajstić information content (AvgIpc) is 2.87. The molecule has 19 heavy (non-hydrogen) atoms. The number of aromatic nitrogens is 1. The monoisotopic (exact) mass is 266 g/mol. The average molecular weight is 266 g/mol. The number of hydrogen-bond acceptors (Lipinski definition) is 4. The number of nitrogens with zero attached hydrogens (tertiary/aromatic N) is 2. The lowest BCUT2D eigenvalue weighted by Gasteiger charge is -2.14. The Labute approximate surface area is 112 Å². The molecule has 1 saturated heterocycles. The Balaban J connectivity index is 1.90. The van der Waals surface area contributed by atoms with Gasteiger partial charge in [-0.1, -0.05) is 6.92 Å². The molecule has 6 heteroatoms. The zero-order valence-corrected chi connectivity index (χ0v) is 11.0. The molecule has 1 atom stereocenters. The molecule has 3 N–H and O–H groups in total. The number of anilines is 1. The van der Waals surface area contributed by atoms with Gasteiger partial charge in [0, 0.05) is 19.3 Å². The summed E-state index contributed by atoms with van der Waals surface area (Å²) in [5.41, 5.74) is 5.30. The van der Waals surface area contributed by atoms with Crippen molar-refractivity contribution in [3.63, 3.8) is 0 Å². The van der Waals surface area contributed by atoms with Crippen molar-refractivity contribution >= 4 is 11.7 Å². The second kappa shape index (κ2) is 5.97. The maximum Gasteiger partial charge on any atom is 0.254 e. The van der Waals surface area contributed by atoms with Gasteiger partial charge in [0.15, 0.2) is 11.6 Å². The Morgan fingerprint density at radius 1 is 1.68 bits per heavy atom. The van der Waals surface area contributed by atoms with Crippen molar-refractivity contribution in [2.24, 2.45) is 5.92 Å². The Morgan fingerprint density at radius 2 is 2.47 bits per heavy atom. The first-order valence-corrected chi connectivity index (χ1v) is 6.52. The molecule has 1 amide bonds. The van der Waals surface area contributed by atoms with Crippen molar-refractivity contribution in [2.75, 3.05) is 31.9 Å². The molecule has 2 rings (SSSR count). The van der Waals surface area contributed by atoms with Gasteiger partial charge in [-0.05, 0) is 31.5 Å². The Kier molecular flexibility index (Phi) is 4.31. The van der Waals surface area contributed by atoms with E-state index in [-0.39, 0.29) is 11.4 Å². The van der Waals surface area contributed by atoms with E-state index in [9.17, 15) is 9.18 Å². The van der Waals surface area contributed by atoms with Crippen LogP contribution in [0.4, 0.5) is 10.2 Å². The number of nitrogens with one attached hydrogen (secondary N) is 1. The summed E-state index contributed by atoms with van der Waals surface area (Å²) < 4.78 is 13.6. The third-order valence-electron chi connectivity index (χ3n) is 3.53. The van der Waals surface area contributed by atoms with E-state index in [4.69, 9.17) is 5.73 Å². The van der Waals surface area contributed by atoms with Crippen molar-refractivity contribution in [1.29, 1.82) is 0 Å². The summed E-state index contributed by atoms with van der Waals surface area (Å²) in [4.78, 5) is 17.8. The number of carbonyl (C=O) groups excluding carboxylic acids is 1. The lowest BCUT2D eigenvalue weighted by molar-refractivity contribution is 0.0943. The number of carbonyl (C=O) groups is 1. The fraction of sp³-hybridized carbons (Fsp3) is 0.538. The van der Waals surface area contributed by atoms with E-state index >= 15 is 0 Å². The van der Waals surface area contributed by atoms with Gasteiger partial charge >= 0.3 is 0 Å². The van der Waals surface area contributed by atoms with Crippen LogP contribution in [0.1, 0.15) is 23.7 Å². The van der Waals surface area contributed by atoms with Gasteiger partial charge in [0.2, 0.25) is 0 Å². The molecule has 1 aliphatic rings. The number of likely N-dealkylation sites (tertiary alicyclic amines) is 1. The summed E-state index contributed by atoms with van der Waals surface area (Å²) in [5.74, 6) is -0.986. The summed E-state index contributed by atoms with van der Waals surface area (Å²) in [7, 11) is 0. The van der Waals surface area contributed by atoms with Gasteiger partial charge in [-0.2, -0.15) is 0 Å². The highest BCUT2D eigenvalue weighted by Crippen LogP contribution is 2.15. The van der Waals surface area contributed by atoms with Crippen LogP contribution in [0, 0.1) is 11.7 Å². The first-order chi connectivity index (χ1) is 9.11. The molecule has 0 bridgehead atoms. The second-order valence-electron chi connectivity index (χ2n) is 4.82. The van der Waals surface area contributed by atoms with Crippen LogP contribution in [0.5, 0.6) is 0 Å². The molecule has 2 heterocycles. The first kappa shape index (κ1) is 13.7. The number of hydrogen-bond donors (Lipinski definition) is 2. The van der Waals surface area contributed by atoms with Crippen LogP contribution >= 0.6 is 0 Å². The maximum absolute atomic E-state index is 13.6. The van der Waals surface area contributed by atoms with Crippen LogP contribution in [-0.4, -0.2) is 42.0 Å². The molecule has 104 valence electrons. The van der Waals surface area contributed by atoms with Crippen LogP contribution in [0.3, 0.4) is 0 Å². The van der Waals surface area contributed by atoms with Gasteiger partial charge in [0.05, 0.1) is 5.56 Å². The zero-order valence-electron chi connectivity index (χ0n) is 11.0. The third-order valence-corrected chi connectivity index (χ3v) is 3.53. The van der Waals surface area contributed by atoms with Gasteiger partial charge in [0.1, 0.15) is 0 Å². The van der Waals surface area contributed by atoms with E-state index in [0.717, 1.165) is 26.1 Å². The summed E-state index contributed by atoms with van der Waals surface area (Å²) >= 11 is 0. The van der Waals surface area contributed by atoms with Crippen molar-refractivity contribution in [3.05, 3.63) is 23.6 Å². The molecule has 1 aromatic rings. The van der Waals surface area contributed by atoms with Gasteiger partial charge < -0.3 is 16.0 Å². The van der Waals surface area contributed by atoms with Crippen molar-refractivity contribution < 1.29 is 9.18 Å². The van der Waals surface area contributed by atoms with Gasteiger partial charge in [-0.15, -0.1) is 0 Å². The number of pyridine rings is 1. The van der Waals surface area contributed by atoms with Gasteiger partial charge in [-0.3, -0.25) is 4.79 Å². The third kappa shape index (κ3) is 3.20. The zero-order chi connectivity index (χ0) is 13.8. The predicted octanol–water partition coefficient (Wildman–Crippen LogP) is 0.875. The van der Waals surface area contributed by atoms with Crippen molar-refractivity contribution in [1.82, 2.24) is 15.2 Å². The molecule has 1 aromatic heterocycles. The number of rotatable bonds is 4. The lowest BCUT2D eigenvalue weighted by atomic mass is 10.1. The molecule has 5 nitrogen and oxygen atoms in total. The second-order valence-corrected chi connectivity index (χ2v) is 4.82. The van der Waals surface area contributed by atoms with E-state index < -0.39 is 11.7 Å². The van der Waals surface area contributed by atoms with Crippen LogP contribution < -0.4 is 11.1 Å². The number of nitrogens with two attached hydrogens (primary N) is 1. The minimum Gasteiger partial charge on any atom is -0.381 e. The SMILES string of the molecule is CCN1CCC(CNC(=O)c2ccnc(N)c2F)C1. The molecule has 1 fully saturated rings. The minimum absolute atomic E-state index is 0.0437. The van der Waals surface area contributed by atoms with E-state index in [1.807, 2.05) is 0 Å². The highest BCUT2D eigenvalue weighted by molar-refractivity contribution is 5.95. The van der Waals surface area contributed by atoms with Crippen molar-refractivity contribution in [2.45, 2.75) is 13.3 Å². The van der Waals surface area contributed by atoms with Crippen LogP contribution in [0.2, 0.25) is 0 Å². The molecule has 0 aromatic carbocycles. The van der Waals surface area contributed by atoms with Crippen LogP contribution in [-0.2, 0) is 0 Å². The topological polar surface area (TPSA) is 71.2 Å². The first-order valence-electron chi connectivity index (χ1n) is 6.52. The quantitative estimate of drug-likeness (QED) is 0.848. The highest BCUT2D eigenvalue weighted by Gasteiger charge is 2.22. The number of nitrogen functional groups attached to an aromatic ring is 1. The fourth-order valence-corrected chi connectivity index (χ4v) is 2.33. The van der Waals surface area contributed by atoms with E-state index in [2.05, 4.69) is 22.1 Å². The number of halogens is 1. The van der Waals surface area contributed by atoms with Crippen molar-refractivity contribution in [3.8, 4) is 0 Å². The molecule has 1 unspecified atom stereocenters. The Morgan fingerprint density at radius 3 is 3.16 bits per heavy atom. The largest absolute Gasteiger partial charge is 0.381 e. The summed E-state index contributed by atoms with van der Waals surface area (Å²) in [5, 5.41) is 2.76. The van der Waals surface area contributed by atoms with E-state index in [1.165, 1.54) is 12.3 Å². The van der Waals surface area contributed by atoms with Gasteiger partial charge in [0.25, 0.3) is 5.91 Å². The molecular weight excluding hydrogens is 247 g/mol. The van der Waals surface area contributed by atoms with Crippen LogP contribution in [0.25, 0.3) is 0 Å². The number of amides is 1. The smallest absolute Gasteiger partial charge is 0.254 e. The normalized spacial score (nSPS) is 19.6. The predicted molar refractivity (Wildman–Crippen MR) is 71.2 cm³/mol. The summed E-state index contributed by atoms with van der Waals surface area (Å²) in [6.45, 7) is 5.76. The summed E-state index contributed by atoms with van der Waals surface area (Å²) in [6, 6.07) is 1.34. The summed E-state index contributed by atoms with van der Waals surface area (Å²) in [6.07, 6.45) is 2.40. The molecule has 0 spiro atoms. The molecule has 0 saturated carbocycles. The van der Waals surface area contributed by atoms with E-state index in [1.54, 1.807) is 0 Å². The van der Waals surface area contributed by atoms with E-state index in [0.29, 0.717) is 12.5 Å². The molecule has 0 radical (unpaired) electrons.